The Morgan fingerprint density at radius 2 is 1.70 bits per heavy atom. The molecule has 0 saturated carbocycles. The lowest BCUT2D eigenvalue weighted by Gasteiger charge is -2.15. The van der Waals surface area contributed by atoms with Crippen molar-refractivity contribution in [3.63, 3.8) is 0 Å². The predicted octanol–water partition coefficient (Wildman–Crippen LogP) is 6.50. The second-order valence-corrected chi connectivity index (χ2v) is 7.08. The van der Waals surface area contributed by atoms with Gasteiger partial charge in [0.2, 0.25) is 0 Å². The van der Waals surface area contributed by atoms with Crippen LogP contribution < -0.4 is 14.8 Å². The van der Waals surface area contributed by atoms with E-state index in [9.17, 15) is 0 Å². The first-order valence-corrected chi connectivity index (χ1v) is 9.35. The molecule has 3 aromatic carbocycles. The van der Waals surface area contributed by atoms with Crippen molar-refractivity contribution >= 4 is 28.9 Å². The Morgan fingerprint density at radius 1 is 0.926 bits per heavy atom. The number of rotatable bonds is 7. The summed E-state index contributed by atoms with van der Waals surface area (Å²) in [4.78, 5) is 0. The van der Waals surface area contributed by atoms with Gasteiger partial charge in [0.15, 0.2) is 11.5 Å². The van der Waals surface area contributed by atoms with Crippen molar-refractivity contribution < 1.29 is 9.47 Å². The maximum absolute atomic E-state index is 6.46. The number of halogens is 2. The molecule has 0 atom stereocenters. The summed E-state index contributed by atoms with van der Waals surface area (Å²) in [5.41, 5.74) is 4.17. The molecule has 0 saturated heterocycles. The molecule has 0 bridgehead atoms. The van der Waals surface area contributed by atoms with E-state index < -0.39 is 0 Å². The Labute approximate surface area is 169 Å². The Kier molecular flexibility index (Phi) is 6.49. The number of hydrogen-bond acceptors (Lipinski definition) is 3. The second kappa shape index (κ2) is 9.03. The van der Waals surface area contributed by atoms with Crippen molar-refractivity contribution in [2.75, 3.05) is 12.4 Å². The third kappa shape index (κ3) is 5.31. The fraction of sp³-hybridized carbons (Fsp3) is 0.182. The van der Waals surface area contributed by atoms with Crippen LogP contribution in [0.15, 0.2) is 60.7 Å². The van der Waals surface area contributed by atoms with E-state index in [1.165, 1.54) is 5.56 Å². The van der Waals surface area contributed by atoms with Gasteiger partial charge in [-0.3, -0.25) is 0 Å². The zero-order chi connectivity index (χ0) is 19.2. The highest BCUT2D eigenvalue weighted by Crippen LogP contribution is 2.34. The SMILES string of the molecule is COc1cc(CNc2ccc(C)cc2)c(Cl)cc1OCc1cccc(Cl)c1. The van der Waals surface area contributed by atoms with Crippen molar-refractivity contribution in [3.8, 4) is 11.5 Å². The van der Waals surface area contributed by atoms with Crippen LogP contribution in [0.25, 0.3) is 0 Å². The summed E-state index contributed by atoms with van der Waals surface area (Å²) < 4.78 is 11.4. The molecule has 0 fully saturated rings. The molecule has 0 aliphatic rings. The Morgan fingerprint density at radius 3 is 2.41 bits per heavy atom. The molecular formula is C22H21Cl2NO2. The molecule has 3 aromatic rings. The molecule has 0 amide bonds. The summed E-state index contributed by atoms with van der Waals surface area (Å²) in [6.45, 7) is 3.04. The van der Waals surface area contributed by atoms with E-state index in [1.807, 2.05) is 42.5 Å². The van der Waals surface area contributed by atoms with Crippen molar-refractivity contribution in [1.29, 1.82) is 0 Å². The van der Waals surface area contributed by atoms with Crippen LogP contribution in [0.4, 0.5) is 5.69 Å². The number of anilines is 1. The summed E-state index contributed by atoms with van der Waals surface area (Å²) in [6, 6.07) is 19.5. The van der Waals surface area contributed by atoms with Crippen LogP contribution in [0.3, 0.4) is 0 Å². The normalized spacial score (nSPS) is 10.5. The molecule has 0 aliphatic carbocycles. The number of aryl methyl sites for hydroxylation is 1. The van der Waals surface area contributed by atoms with Gasteiger partial charge in [-0.25, -0.2) is 0 Å². The molecule has 0 heterocycles. The van der Waals surface area contributed by atoms with Gasteiger partial charge in [0.1, 0.15) is 6.61 Å². The third-order valence-electron chi connectivity index (χ3n) is 4.15. The highest BCUT2D eigenvalue weighted by Gasteiger charge is 2.11. The summed E-state index contributed by atoms with van der Waals surface area (Å²) in [5, 5.41) is 4.67. The zero-order valence-corrected chi connectivity index (χ0v) is 16.8. The highest BCUT2D eigenvalue weighted by molar-refractivity contribution is 6.31. The zero-order valence-electron chi connectivity index (χ0n) is 15.3. The van der Waals surface area contributed by atoms with Gasteiger partial charge in [-0.05, 0) is 48.4 Å². The van der Waals surface area contributed by atoms with Crippen LogP contribution in [0.2, 0.25) is 10.0 Å². The van der Waals surface area contributed by atoms with Gasteiger partial charge in [-0.15, -0.1) is 0 Å². The first-order chi connectivity index (χ1) is 13.0. The van der Waals surface area contributed by atoms with Crippen LogP contribution in [-0.2, 0) is 13.2 Å². The van der Waals surface area contributed by atoms with Crippen molar-refractivity contribution in [2.24, 2.45) is 0 Å². The third-order valence-corrected chi connectivity index (χ3v) is 4.74. The first kappa shape index (κ1) is 19.4. The fourth-order valence-electron chi connectivity index (χ4n) is 2.64. The average molecular weight is 402 g/mol. The summed E-state index contributed by atoms with van der Waals surface area (Å²) >= 11 is 12.5. The van der Waals surface area contributed by atoms with Crippen molar-refractivity contribution in [3.05, 3.63) is 87.4 Å². The van der Waals surface area contributed by atoms with Gasteiger partial charge < -0.3 is 14.8 Å². The molecule has 3 nitrogen and oxygen atoms in total. The van der Waals surface area contributed by atoms with Gasteiger partial charge in [0.05, 0.1) is 7.11 Å². The van der Waals surface area contributed by atoms with Crippen LogP contribution in [-0.4, -0.2) is 7.11 Å². The number of hydrogen-bond donors (Lipinski definition) is 1. The number of ether oxygens (including phenoxy) is 2. The van der Waals surface area contributed by atoms with E-state index >= 15 is 0 Å². The lowest BCUT2D eigenvalue weighted by Crippen LogP contribution is -2.03. The van der Waals surface area contributed by atoms with E-state index in [0.717, 1.165) is 16.8 Å². The van der Waals surface area contributed by atoms with Gasteiger partial charge >= 0.3 is 0 Å². The second-order valence-electron chi connectivity index (χ2n) is 6.23. The lowest BCUT2D eigenvalue weighted by molar-refractivity contribution is 0.284. The molecule has 0 aromatic heterocycles. The minimum atomic E-state index is 0.383. The smallest absolute Gasteiger partial charge is 0.163 e. The lowest BCUT2D eigenvalue weighted by atomic mass is 10.1. The minimum absolute atomic E-state index is 0.383. The maximum Gasteiger partial charge on any atom is 0.163 e. The topological polar surface area (TPSA) is 30.5 Å². The quantitative estimate of drug-likeness (QED) is 0.489. The van der Waals surface area contributed by atoms with Crippen LogP contribution in [0, 0.1) is 6.92 Å². The molecule has 0 radical (unpaired) electrons. The van der Waals surface area contributed by atoms with Gasteiger partial charge in [0, 0.05) is 28.3 Å². The fourth-order valence-corrected chi connectivity index (χ4v) is 3.07. The molecule has 5 heteroatoms. The van der Waals surface area contributed by atoms with E-state index in [0.29, 0.717) is 34.7 Å². The van der Waals surface area contributed by atoms with Crippen molar-refractivity contribution in [1.82, 2.24) is 0 Å². The van der Waals surface area contributed by atoms with E-state index in [2.05, 4.69) is 24.4 Å². The molecule has 3 rings (SSSR count). The van der Waals surface area contributed by atoms with E-state index in [1.54, 1.807) is 13.2 Å². The predicted molar refractivity (Wildman–Crippen MR) is 112 cm³/mol. The van der Waals surface area contributed by atoms with Crippen LogP contribution >= 0.6 is 23.2 Å². The Bertz CT molecular complexity index is 911. The largest absolute Gasteiger partial charge is 0.493 e. The first-order valence-electron chi connectivity index (χ1n) is 8.59. The summed E-state index contributed by atoms with van der Waals surface area (Å²) in [7, 11) is 1.62. The number of methoxy groups -OCH3 is 1. The molecule has 27 heavy (non-hydrogen) atoms. The monoisotopic (exact) mass is 401 g/mol. The van der Waals surface area contributed by atoms with Crippen molar-refractivity contribution in [2.45, 2.75) is 20.1 Å². The maximum atomic E-state index is 6.46. The standard InChI is InChI=1S/C22H21Cl2NO2/c1-15-6-8-19(9-7-15)25-13-17-11-21(26-2)22(12-20(17)24)27-14-16-4-3-5-18(23)10-16/h3-12,25H,13-14H2,1-2H3. The van der Waals surface area contributed by atoms with Crippen LogP contribution in [0.5, 0.6) is 11.5 Å². The van der Waals surface area contributed by atoms with Gasteiger partial charge in [-0.1, -0.05) is 53.0 Å². The van der Waals surface area contributed by atoms with Crippen LogP contribution in [0.1, 0.15) is 16.7 Å². The average Bonchev–Trinajstić information content (AvgIpc) is 2.67. The van der Waals surface area contributed by atoms with Gasteiger partial charge in [0.25, 0.3) is 0 Å². The minimum Gasteiger partial charge on any atom is -0.493 e. The number of benzene rings is 3. The summed E-state index contributed by atoms with van der Waals surface area (Å²) in [6.07, 6.45) is 0. The molecule has 0 unspecified atom stereocenters. The summed E-state index contributed by atoms with van der Waals surface area (Å²) in [5.74, 6) is 1.24. The molecule has 0 spiro atoms. The molecule has 1 N–H and O–H groups in total. The van der Waals surface area contributed by atoms with E-state index in [4.69, 9.17) is 32.7 Å². The number of nitrogens with one attached hydrogen (secondary N) is 1. The Hall–Kier alpha value is -2.36. The molecular weight excluding hydrogens is 381 g/mol. The highest BCUT2D eigenvalue weighted by atomic mass is 35.5. The molecule has 0 aliphatic heterocycles. The Balaban J connectivity index is 1.71. The van der Waals surface area contributed by atoms with Gasteiger partial charge in [-0.2, -0.15) is 0 Å². The molecule has 140 valence electrons. The van der Waals surface area contributed by atoms with E-state index in [-0.39, 0.29) is 0 Å².